The van der Waals surface area contributed by atoms with E-state index in [1.54, 1.807) is 0 Å². The molecule has 1 aliphatic rings. The number of hydrogen-bond donors (Lipinski definition) is 1. The first kappa shape index (κ1) is 25.3. The molecule has 0 amide bonds. The van der Waals surface area contributed by atoms with Crippen LogP contribution in [-0.4, -0.2) is 30.1 Å². The lowest BCUT2D eigenvalue weighted by Crippen LogP contribution is -2.33. The Labute approximate surface area is 218 Å². The molecular formula is C30H38N6O. The molecule has 0 spiro atoms. The molecule has 2 aromatic heterocycles. The van der Waals surface area contributed by atoms with Crippen LogP contribution in [0.25, 0.3) is 10.9 Å². The number of rotatable bonds is 9. The second kappa shape index (κ2) is 11.4. The third kappa shape index (κ3) is 5.52. The number of hydrogen-bond acceptors (Lipinski definition) is 5. The summed E-state index contributed by atoms with van der Waals surface area (Å²) in [5, 5.41) is 14.3. The molecule has 5 rings (SSSR count). The second-order valence-electron chi connectivity index (χ2n) is 10.6. The summed E-state index contributed by atoms with van der Waals surface area (Å²) in [4.78, 5) is 18.9. The van der Waals surface area contributed by atoms with Gasteiger partial charge < -0.3 is 4.98 Å². The largest absolute Gasteiger partial charge is 0.321 e. The first-order valence-electron chi connectivity index (χ1n) is 13.7. The lowest BCUT2D eigenvalue weighted by molar-refractivity contribution is 0.150. The molecule has 1 saturated carbocycles. The Morgan fingerprint density at radius 3 is 2.59 bits per heavy atom. The van der Waals surface area contributed by atoms with E-state index in [1.165, 1.54) is 30.4 Å². The number of pyridine rings is 1. The Morgan fingerprint density at radius 2 is 1.84 bits per heavy atom. The van der Waals surface area contributed by atoms with Crippen LogP contribution in [0.4, 0.5) is 0 Å². The number of tetrazole rings is 1. The number of nitrogens with one attached hydrogen (secondary N) is 1. The predicted molar refractivity (Wildman–Crippen MR) is 147 cm³/mol. The van der Waals surface area contributed by atoms with Gasteiger partial charge in [0.2, 0.25) is 0 Å². The molecule has 0 radical (unpaired) electrons. The number of aromatic nitrogens is 5. The third-order valence-corrected chi connectivity index (χ3v) is 7.97. The minimum absolute atomic E-state index is 0.0111. The first-order valence-corrected chi connectivity index (χ1v) is 13.7. The van der Waals surface area contributed by atoms with Crippen molar-refractivity contribution in [2.45, 2.75) is 90.9 Å². The number of fused-ring (bicyclic) bond motifs is 1. The molecule has 7 heteroatoms. The van der Waals surface area contributed by atoms with Gasteiger partial charge in [0.15, 0.2) is 5.82 Å². The van der Waals surface area contributed by atoms with E-state index in [4.69, 9.17) is 0 Å². The van der Waals surface area contributed by atoms with Crippen molar-refractivity contribution in [2.24, 2.45) is 0 Å². The molecule has 0 aliphatic heterocycles. The van der Waals surface area contributed by atoms with Crippen LogP contribution in [0, 0.1) is 13.8 Å². The first-order chi connectivity index (χ1) is 18.0. The van der Waals surface area contributed by atoms with E-state index < -0.39 is 0 Å². The molecular weight excluding hydrogens is 460 g/mol. The van der Waals surface area contributed by atoms with Crippen LogP contribution in [0.1, 0.15) is 92.0 Å². The molecule has 4 aromatic rings. The maximum atomic E-state index is 13.3. The fourth-order valence-electron chi connectivity index (χ4n) is 5.75. The molecule has 0 bridgehead atoms. The van der Waals surface area contributed by atoms with Crippen molar-refractivity contribution in [2.75, 3.05) is 0 Å². The molecule has 194 valence electrons. The third-order valence-electron chi connectivity index (χ3n) is 7.97. The van der Waals surface area contributed by atoms with Gasteiger partial charge in [0.05, 0.1) is 17.6 Å². The minimum Gasteiger partial charge on any atom is -0.321 e. The van der Waals surface area contributed by atoms with Crippen LogP contribution < -0.4 is 5.56 Å². The molecule has 2 aromatic carbocycles. The molecule has 1 N–H and O–H groups in total. The standard InChI is InChI=1S/C30H38N6O/c1-4-11-27(29-32-33-34-36(29)26-14-9-6-10-15-26)35(19-23-12-7-5-8-13-23)20-25-18-24-17-16-21(2)22(3)28(24)31-30(25)37/h5,7-8,12-13,16-18,26-27H,4,6,9-11,14-15,19-20H2,1-3H3,(H,31,37)/t27-/m1/s1. The predicted octanol–water partition coefficient (Wildman–Crippen LogP) is 6.18. The highest BCUT2D eigenvalue weighted by Gasteiger charge is 2.29. The number of aryl methyl sites for hydroxylation is 2. The van der Waals surface area contributed by atoms with E-state index in [0.29, 0.717) is 19.1 Å². The fraction of sp³-hybridized carbons (Fsp3) is 0.467. The van der Waals surface area contributed by atoms with Crippen LogP contribution in [-0.2, 0) is 13.1 Å². The lowest BCUT2D eigenvalue weighted by Gasteiger charge is -2.32. The maximum Gasteiger partial charge on any atom is 0.252 e. The summed E-state index contributed by atoms with van der Waals surface area (Å²) in [5.41, 5.74) is 5.18. The van der Waals surface area contributed by atoms with E-state index in [1.807, 2.05) is 6.07 Å². The molecule has 7 nitrogen and oxygen atoms in total. The highest BCUT2D eigenvalue weighted by Crippen LogP contribution is 2.33. The van der Waals surface area contributed by atoms with Crippen molar-refractivity contribution in [3.05, 3.63) is 87.0 Å². The molecule has 1 aliphatic carbocycles. The summed E-state index contributed by atoms with van der Waals surface area (Å²) in [6.07, 6.45) is 7.90. The Morgan fingerprint density at radius 1 is 1.05 bits per heavy atom. The highest BCUT2D eigenvalue weighted by atomic mass is 16.1. The van der Waals surface area contributed by atoms with E-state index in [-0.39, 0.29) is 11.6 Å². The topological polar surface area (TPSA) is 79.7 Å². The Bertz CT molecular complexity index is 1390. The minimum atomic E-state index is -0.0265. The number of nitrogens with zero attached hydrogens (tertiary/aromatic N) is 5. The van der Waals surface area contributed by atoms with Gasteiger partial charge in [-0.1, -0.05) is 75.1 Å². The fourth-order valence-corrected chi connectivity index (χ4v) is 5.75. The zero-order valence-electron chi connectivity index (χ0n) is 22.3. The summed E-state index contributed by atoms with van der Waals surface area (Å²) in [7, 11) is 0. The summed E-state index contributed by atoms with van der Waals surface area (Å²) >= 11 is 0. The Balaban J connectivity index is 1.55. The van der Waals surface area contributed by atoms with Gasteiger partial charge in [0.25, 0.3) is 5.56 Å². The van der Waals surface area contributed by atoms with Crippen LogP contribution in [0.3, 0.4) is 0 Å². The van der Waals surface area contributed by atoms with E-state index in [2.05, 4.69) is 93.3 Å². The molecule has 0 unspecified atom stereocenters. The average Bonchev–Trinajstić information content (AvgIpc) is 3.41. The maximum absolute atomic E-state index is 13.3. The van der Waals surface area contributed by atoms with Gasteiger partial charge in [-0.3, -0.25) is 9.69 Å². The van der Waals surface area contributed by atoms with Gasteiger partial charge in [0, 0.05) is 18.7 Å². The summed E-state index contributed by atoms with van der Waals surface area (Å²) in [6.45, 7) is 7.59. The smallest absolute Gasteiger partial charge is 0.252 e. The quantitative estimate of drug-likeness (QED) is 0.298. The van der Waals surface area contributed by atoms with Crippen molar-refractivity contribution in [3.63, 3.8) is 0 Å². The monoisotopic (exact) mass is 498 g/mol. The van der Waals surface area contributed by atoms with Crippen LogP contribution in [0.5, 0.6) is 0 Å². The zero-order chi connectivity index (χ0) is 25.8. The van der Waals surface area contributed by atoms with Crippen LogP contribution in [0.15, 0.2) is 53.3 Å². The Hall–Kier alpha value is -3.32. The van der Waals surface area contributed by atoms with Gasteiger partial charge in [-0.25, -0.2) is 4.68 Å². The Kier molecular flexibility index (Phi) is 7.79. The van der Waals surface area contributed by atoms with E-state index >= 15 is 0 Å². The van der Waals surface area contributed by atoms with Gasteiger partial charge in [0.1, 0.15) is 0 Å². The molecule has 2 heterocycles. The summed E-state index contributed by atoms with van der Waals surface area (Å²) < 4.78 is 2.09. The molecule has 0 saturated heterocycles. The van der Waals surface area contributed by atoms with Crippen molar-refractivity contribution in [3.8, 4) is 0 Å². The average molecular weight is 499 g/mol. The SMILES string of the molecule is CCC[C@H](c1nnnn1C1CCCCC1)N(Cc1ccccc1)Cc1cc2ccc(C)c(C)c2[nH]c1=O. The van der Waals surface area contributed by atoms with Crippen LogP contribution in [0.2, 0.25) is 0 Å². The normalized spacial score (nSPS) is 15.5. The molecule has 1 atom stereocenters. The van der Waals surface area contributed by atoms with E-state index in [0.717, 1.165) is 53.5 Å². The number of H-pyrrole nitrogens is 1. The highest BCUT2D eigenvalue weighted by molar-refractivity contribution is 5.83. The van der Waals surface area contributed by atoms with Crippen molar-refractivity contribution >= 4 is 10.9 Å². The van der Waals surface area contributed by atoms with Crippen molar-refractivity contribution in [1.29, 1.82) is 0 Å². The number of benzene rings is 2. The molecule has 37 heavy (non-hydrogen) atoms. The summed E-state index contributed by atoms with van der Waals surface area (Å²) in [6, 6.07) is 17.1. The van der Waals surface area contributed by atoms with E-state index in [9.17, 15) is 4.79 Å². The van der Waals surface area contributed by atoms with Crippen LogP contribution >= 0.6 is 0 Å². The number of aromatic amines is 1. The van der Waals surface area contributed by atoms with Crippen molar-refractivity contribution < 1.29 is 0 Å². The lowest BCUT2D eigenvalue weighted by atomic mass is 9.95. The van der Waals surface area contributed by atoms with Crippen molar-refractivity contribution in [1.82, 2.24) is 30.1 Å². The van der Waals surface area contributed by atoms with Gasteiger partial charge in [-0.2, -0.15) is 0 Å². The van der Waals surface area contributed by atoms with Gasteiger partial charge >= 0.3 is 0 Å². The second-order valence-corrected chi connectivity index (χ2v) is 10.6. The van der Waals surface area contributed by atoms with Gasteiger partial charge in [-0.05, 0) is 71.7 Å². The summed E-state index contributed by atoms with van der Waals surface area (Å²) in [5.74, 6) is 0.924. The van der Waals surface area contributed by atoms with Gasteiger partial charge in [-0.15, -0.1) is 5.10 Å². The zero-order valence-corrected chi connectivity index (χ0v) is 22.3. The molecule has 1 fully saturated rings.